The van der Waals surface area contributed by atoms with Crippen molar-refractivity contribution in [1.29, 1.82) is 0 Å². The number of fused-ring (bicyclic) bond motifs is 1. The third kappa shape index (κ3) is 3.13. The highest BCUT2D eigenvalue weighted by molar-refractivity contribution is 7.22. The van der Waals surface area contributed by atoms with Crippen LogP contribution in [0.25, 0.3) is 10.2 Å². The van der Waals surface area contributed by atoms with Crippen molar-refractivity contribution in [2.45, 2.75) is 0 Å². The number of carbonyl (C=O) groups is 2. The van der Waals surface area contributed by atoms with E-state index >= 15 is 0 Å². The number of aromatic carboxylic acids is 1. The molecule has 2 heterocycles. The summed E-state index contributed by atoms with van der Waals surface area (Å²) in [4.78, 5) is 30.8. The fourth-order valence-corrected chi connectivity index (χ4v) is 2.81. The number of hydrogen-bond acceptors (Lipinski definition) is 5. The Bertz CT molecular complexity index is 944. The molecule has 0 aliphatic rings. The van der Waals surface area contributed by atoms with Gasteiger partial charge in [0, 0.05) is 0 Å². The lowest BCUT2D eigenvalue weighted by Crippen LogP contribution is -2.13. The summed E-state index contributed by atoms with van der Waals surface area (Å²) in [5.74, 6) is -2.37. The molecule has 0 bridgehead atoms. The lowest BCUT2D eigenvalue weighted by molar-refractivity contribution is 0.0696. The molecule has 0 unspecified atom stereocenters. The zero-order chi connectivity index (χ0) is 16.6. The molecule has 1 amide bonds. The fourth-order valence-electron chi connectivity index (χ4n) is 1.82. The number of anilines is 1. The highest BCUT2D eigenvalue weighted by Gasteiger charge is 2.14. The second-order valence-electron chi connectivity index (χ2n) is 4.43. The Morgan fingerprint density at radius 2 is 2.00 bits per heavy atom. The van der Waals surface area contributed by atoms with Crippen molar-refractivity contribution in [3.8, 4) is 0 Å². The van der Waals surface area contributed by atoms with E-state index in [9.17, 15) is 14.0 Å². The number of benzene rings is 1. The standard InChI is InChI=1S/C14H7ClFN3O3S/c15-11-7(16)2-3-8(17-11)12(20)19-14-18-9-5-6(13(21)22)1-4-10(9)23-14/h1-5H,(H,21,22)(H,18,19,20). The van der Waals surface area contributed by atoms with E-state index in [0.717, 1.165) is 10.8 Å². The number of halogens is 2. The number of thiazole rings is 1. The van der Waals surface area contributed by atoms with Gasteiger partial charge in [-0.2, -0.15) is 0 Å². The average Bonchev–Trinajstić information content (AvgIpc) is 2.90. The van der Waals surface area contributed by atoms with Gasteiger partial charge in [-0.25, -0.2) is 19.2 Å². The highest BCUT2D eigenvalue weighted by Crippen LogP contribution is 2.27. The van der Waals surface area contributed by atoms with E-state index < -0.39 is 22.8 Å². The van der Waals surface area contributed by atoms with Crippen molar-refractivity contribution in [1.82, 2.24) is 9.97 Å². The third-order valence-electron chi connectivity index (χ3n) is 2.89. The van der Waals surface area contributed by atoms with Gasteiger partial charge >= 0.3 is 5.97 Å². The van der Waals surface area contributed by atoms with Crippen LogP contribution in [0.15, 0.2) is 30.3 Å². The Morgan fingerprint density at radius 1 is 1.22 bits per heavy atom. The Hall–Kier alpha value is -2.58. The number of aromatic nitrogens is 2. The quantitative estimate of drug-likeness (QED) is 0.705. The Balaban J connectivity index is 1.87. The molecule has 3 aromatic rings. The molecule has 2 N–H and O–H groups in total. The second kappa shape index (κ2) is 5.90. The summed E-state index contributed by atoms with van der Waals surface area (Å²) in [6.07, 6.45) is 0. The van der Waals surface area contributed by atoms with Gasteiger partial charge in [-0.1, -0.05) is 22.9 Å². The molecule has 0 spiro atoms. The molecule has 0 saturated carbocycles. The van der Waals surface area contributed by atoms with Crippen LogP contribution in [0.2, 0.25) is 5.15 Å². The lowest BCUT2D eigenvalue weighted by Gasteiger charge is -2.01. The third-order valence-corrected chi connectivity index (χ3v) is 4.11. The van der Waals surface area contributed by atoms with Gasteiger partial charge in [-0.15, -0.1) is 0 Å². The van der Waals surface area contributed by atoms with Gasteiger partial charge in [-0.05, 0) is 30.3 Å². The molecule has 116 valence electrons. The molecular formula is C14H7ClFN3O3S. The minimum atomic E-state index is -1.06. The summed E-state index contributed by atoms with van der Waals surface area (Å²) in [5.41, 5.74) is 0.504. The molecule has 1 aromatic carbocycles. The first-order chi connectivity index (χ1) is 10.9. The van der Waals surface area contributed by atoms with E-state index in [1.165, 1.54) is 29.5 Å². The molecule has 6 nitrogen and oxygen atoms in total. The minimum Gasteiger partial charge on any atom is -0.478 e. The highest BCUT2D eigenvalue weighted by atomic mass is 35.5. The normalized spacial score (nSPS) is 10.7. The maximum absolute atomic E-state index is 13.0. The van der Waals surface area contributed by atoms with Crippen LogP contribution in [-0.4, -0.2) is 27.0 Å². The van der Waals surface area contributed by atoms with Crippen molar-refractivity contribution in [2.24, 2.45) is 0 Å². The van der Waals surface area contributed by atoms with Crippen LogP contribution in [0.1, 0.15) is 20.8 Å². The predicted octanol–water partition coefficient (Wildman–Crippen LogP) is 3.43. The average molecular weight is 352 g/mol. The number of carbonyl (C=O) groups excluding carboxylic acids is 1. The van der Waals surface area contributed by atoms with E-state index in [-0.39, 0.29) is 16.4 Å². The van der Waals surface area contributed by atoms with Crippen molar-refractivity contribution in [3.63, 3.8) is 0 Å². The van der Waals surface area contributed by atoms with Crippen LogP contribution in [0, 0.1) is 5.82 Å². The number of amides is 1. The fraction of sp³-hybridized carbons (Fsp3) is 0. The van der Waals surface area contributed by atoms with Crippen LogP contribution in [0.5, 0.6) is 0 Å². The van der Waals surface area contributed by atoms with Gasteiger partial charge < -0.3 is 5.11 Å². The number of carboxylic acid groups (broad SMARTS) is 1. The maximum atomic E-state index is 13.0. The van der Waals surface area contributed by atoms with E-state index in [0.29, 0.717) is 5.52 Å². The second-order valence-corrected chi connectivity index (χ2v) is 5.82. The first-order valence-corrected chi connectivity index (χ1v) is 7.41. The molecule has 2 aromatic heterocycles. The predicted molar refractivity (Wildman–Crippen MR) is 83.7 cm³/mol. The first-order valence-electron chi connectivity index (χ1n) is 6.21. The molecule has 9 heteroatoms. The smallest absolute Gasteiger partial charge is 0.335 e. The lowest BCUT2D eigenvalue weighted by atomic mass is 10.2. The summed E-state index contributed by atoms with van der Waals surface area (Å²) < 4.78 is 13.8. The Morgan fingerprint density at radius 3 is 2.70 bits per heavy atom. The van der Waals surface area contributed by atoms with Crippen LogP contribution in [0.3, 0.4) is 0 Å². The van der Waals surface area contributed by atoms with Crippen LogP contribution in [-0.2, 0) is 0 Å². The van der Waals surface area contributed by atoms with Crippen LogP contribution >= 0.6 is 22.9 Å². The zero-order valence-electron chi connectivity index (χ0n) is 11.2. The van der Waals surface area contributed by atoms with Gasteiger partial charge in [-0.3, -0.25) is 10.1 Å². The number of rotatable bonds is 3. The number of carboxylic acids is 1. The molecule has 0 radical (unpaired) electrons. The van der Waals surface area contributed by atoms with Crippen LogP contribution in [0.4, 0.5) is 9.52 Å². The zero-order valence-corrected chi connectivity index (χ0v) is 12.8. The summed E-state index contributed by atoms with van der Waals surface area (Å²) >= 11 is 6.71. The van der Waals surface area contributed by atoms with Gasteiger partial charge in [0.1, 0.15) is 5.69 Å². The SMILES string of the molecule is O=C(O)c1ccc2sc(NC(=O)c3ccc(F)c(Cl)n3)nc2c1. The van der Waals surface area contributed by atoms with E-state index in [2.05, 4.69) is 15.3 Å². The molecule has 0 saturated heterocycles. The summed E-state index contributed by atoms with van der Waals surface area (Å²) in [5, 5.41) is 11.3. The van der Waals surface area contributed by atoms with Crippen molar-refractivity contribution >= 4 is 50.2 Å². The topological polar surface area (TPSA) is 92.2 Å². The largest absolute Gasteiger partial charge is 0.478 e. The summed E-state index contributed by atoms with van der Waals surface area (Å²) in [7, 11) is 0. The monoisotopic (exact) mass is 351 g/mol. The van der Waals surface area contributed by atoms with Crippen molar-refractivity contribution in [3.05, 3.63) is 52.6 Å². The van der Waals surface area contributed by atoms with Crippen molar-refractivity contribution < 1.29 is 19.1 Å². The van der Waals surface area contributed by atoms with Gasteiger partial charge in [0.2, 0.25) is 0 Å². The molecule has 0 fully saturated rings. The summed E-state index contributed by atoms with van der Waals surface area (Å²) in [6, 6.07) is 6.72. The van der Waals surface area contributed by atoms with E-state index in [4.69, 9.17) is 16.7 Å². The van der Waals surface area contributed by atoms with Gasteiger partial charge in [0.25, 0.3) is 5.91 Å². The van der Waals surface area contributed by atoms with Crippen molar-refractivity contribution in [2.75, 3.05) is 5.32 Å². The van der Waals surface area contributed by atoms with Gasteiger partial charge in [0.05, 0.1) is 15.8 Å². The molecule has 0 aliphatic heterocycles. The molecule has 0 atom stereocenters. The summed E-state index contributed by atoms with van der Waals surface area (Å²) in [6.45, 7) is 0. The minimum absolute atomic E-state index is 0.0538. The van der Waals surface area contributed by atoms with E-state index in [1.807, 2.05) is 0 Å². The van der Waals surface area contributed by atoms with Gasteiger partial charge in [0.15, 0.2) is 16.1 Å². The number of nitrogens with zero attached hydrogens (tertiary/aromatic N) is 2. The maximum Gasteiger partial charge on any atom is 0.335 e. The molecule has 3 rings (SSSR count). The molecule has 23 heavy (non-hydrogen) atoms. The number of nitrogens with one attached hydrogen (secondary N) is 1. The number of pyridine rings is 1. The molecular weight excluding hydrogens is 345 g/mol. The Labute approximate surface area is 137 Å². The van der Waals surface area contributed by atoms with E-state index in [1.54, 1.807) is 6.07 Å². The molecule has 0 aliphatic carbocycles. The number of hydrogen-bond donors (Lipinski definition) is 2. The van der Waals surface area contributed by atoms with Crippen LogP contribution < -0.4 is 5.32 Å². The Kier molecular flexibility index (Phi) is 3.93. The first kappa shape index (κ1) is 15.3.